The van der Waals surface area contributed by atoms with Gasteiger partial charge in [-0.3, -0.25) is 0 Å². The van der Waals surface area contributed by atoms with Crippen molar-refractivity contribution in [3.63, 3.8) is 0 Å². The van der Waals surface area contributed by atoms with Crippen LogP contribution < -0.4 is 10.6 Å². The maximum absolute atomic E-state index is 5.44. The monoisotopic (exact) mass is 186 g/mol. The van der Waals surface area contributed by atoms with Crippen molar-refractivity contribution in [1.82, 2.24) is 10.6 Å². The van der Waals surface area contributed by atoms with E-state index in [0.29, 0.717) is 12.1 Å². The minimum Gasteiger partial charge on any atom is -0.378 e. The molecule has 1 aliphatic heterocycles. The summed E-state index contributed by atoms with van der Waals surface area (Å²) < 4.78 is 5.44. The van der Waals surface area contributed by atoms with Crippen LogP contribution in [0.3, 0.4) is 0 Å². The number of hydrogen-bond donors (Lipinski definition) is 2. The summed E-state index contributed by atoms with van der Waals surface area (Å²) >= 11 is 0. The fourth-order valence-electron chi connectivity index (χ4n) is 1.84. The van der Waals surface area contributed by atoms with Crippen LogP contribution in [0.4, 0.5) is 0 Å². The molecule has 2 atom stereocenters. The van der Waals surface area contributed by atoms with Crippen molar-refractivity contribution in [3.8, 4) is 0 Å². The van der Waals surface area contributed by atoms with Gasteiger partial charge >= 0.3 is 0 Å². The zero-order chi connectivity index (χ0) is 9.68. The van der Waals surface area contributed by atoms with Crippen molar-refractivity contribution in [2.75, 3.05) is 26.8 Å². The normalized spacial score (nSPS) is 26.3. The number of hydrogen-bond acceptors (Lipinski definition) is 3. The Bertz CT molecular complexity index is 133. The van der Waals surface area contributed by atoms with Crippen molar-refractivity contribution >= 4 is 0 Å². The molecule has 1 rings (SSSR count). The van der Waals surface area contributed by atoms with Gasteiger partial charge < -0.3 is 15.4 Å². The number of rotatable bonds is 4. The lowest BCUT2D eigenvalue weighted by Crippen LogP contribution is -2.53. The SMILES string of the molecule is CNC(CC(C)C)C1COCCN1. The molecule has 0 spiro atoms. The van der Waals surface area contributed by atoms with Gasteiger partial charge in [0.2, 0.25) is 0 Å². The summed E-state index contributed by atoms with van der Waals surface area (Å²) in [6, 6.07) is 1.03. The summed E-state index contributed by atoms with van der Waals surface area (Å²) in [5.41, 5.74) is 0. The molecule has 2 N–H and O–H groups in total. The van der Waals surface area contributed by atoms with E-state index in [4.69, 9.17) is 4.74 Å². The predicted molar refractivity (Wildman–Crippen MR) is 54.9 cm³/mol. The molecule has 0 amide bonds. The van der Waals surface area contributed by atoms with E-state index in [9.17, 15) is 0 Å². The molecule has 2 unspecified atom stereocenters. The van der Waals surface area contributed by atoms with Crippen molar-refractivity contribution < 1.29 is 4.74 Å². The van der Waals surface area contributed by atoms with Gasteiger partial charge in [0.25, 0.3) is 0 Å². The highest BCUT2D eigenvalue weighted by Gasteiger charge is 2.22. The Hall–Kier alpha value is -0.120. The van der Waals surface area contributed by atoms with E-state index in [1.165, 1.54) is 6.42 Å². The van der Waals surface area contributed by atoms with Gasteiger partial charge in [-0.2, -0.15) is 0 Å². The van der Waals surface area contributed by atoms with E-state index in [1.807, 2.05) is 7.05 Å². The molecule has 78 valence electrons. The van der Waals surface area contributed by atoms with Crippen molar-refractivity contribution in [3.05, 3.63) is 0 Å². The Morgan fingerprint density at radius 2 is 2.31 bits per heavy atom. The quantitative estimate of drug-likeness (QED) is 0.675. The number of morpholine rings is 1. The molecule has 1 heterocycles. The molecule has 0 radical (unpaired) electrons. The smallest absolute Gasteiger partial charge is 0.0635 e. The number of nitrogens with one attached hydrogen (secondary N) is 2. The molecule has 13 heavy (non-hydrogen) atoms. The maximum Gasteiger partial charge on any atom is 0.0635 e. The van der Waals surface area contributed by atoms with Crippen LogP contribution in [0.5, 0.6) is 0 Å². The van der Waals surface area contributed by atoms with Gasteiger partial charge in [-0.25, -0.2) is 0 Å². The molecule has 0 aliphatic carbocycles. The molecule has 0 aromatic heterocycles. The van der Waals surface area contributed by atoms with Crippen LogP contribution >= 0.6 is 0 Å². The molecular formula is C10H22N2O. The Labute approximate surface area is 81.2 Å². The minimum atomic E-state index is 0.487. The van der Waals surface area contributed by atoms with Crippen molar-refractivity contribution in [1.29, 1.82) is 0 Å². The molecule has 3 heteroatoms. The van der Waals surface area contributed by atoms with Crippen molar-refractivity contribution in [2.45, 2.75) is 32.4 Å². The fraction of sp³-hybridized carbons (Fsp3) is 1.00. The molecular weight excluding hydrogens is 164 g/mol. The second-order valence-electron chi connectivity index (χ2n) is 4.16. The Morgan fingerprint density at radius 3 is 2.77 bits per heavy atom. The van der Waals surface area contributed by atoms with Crippen LogP contribution in [0.2, 0.25) is 0 Å². The van der Waals surface area contributed by atoms with E-state index in [2.05, 4.69) is 24.5 Å². The van der Waals surface area contributed by atoms with Crippen LogP contribution in [0.1, 0.15) is 20.3 Å². The van der Waals surface area contributed by atoms with Crippen LogP contribution in [-0.2, 0) is 4.74 Å². The summed E-state index contributed by atoms with van der Waals surface area (Å²) in [4.78, 5) is 0. The Balaban J connectivity index is 2.34. The molecule has 0 bridgehead atoms. The molecule has 1 fully saturated rings. The summed E-state index contributed by atoms with van der Waals surface area (Å²) in [5, 5.41) is 6.85. The lowest BCUT2D eigenvalue weighted by atomic mass is 9.97. The van der Waals surface area contributed by atoms with E-state index in [1.54, 1.807) is 0 Å². The van der Waals surface area contributed by atoms with E-state index in [0.717, 1.165) is 25.7 Å². The zero-order valence-electron chi connectivity index (χ0n) is 8.97. The van der Waals surface area contributed by atoms with Crippen LogP contribution in [0, 0.1) is 5.92 Å². The molecule has 0 saturated carbocycles. The van der Waals surface area contributed by atoms with E-state index < -0.39 is 0 Å². The van der Waals surface area contributed by atoms with Gasteiger partial charge in [-0.05, 0) is 19.4 Å². The summed E-state index contributed by atoms with van der Waals surface area (Å²) in [6.45, 7) is 7.20. The zero-order valence-corrected chi connectivity index (χ0v) is 8.97. The summed E-state index contributed by atoms with van der Waals surface area (Å²) in [7, 11) is 2.03. The van der Waals surface area contributed by atoms with Crippen LogP contribution in [-0.4, -0.2) is 38.9 Å². The summed E-state index contributed by atoms with van der Waals surface area (Å²) in [6.07, 6.45) is 1.21. The van der Waals surface area contributed by atoms with Gasteiger partial charge in [-0.15, -0.1) is 0 Å². The van der Waals surface area contributed by atoms with Gasteiger partial charge in [-0.1, -0.05) is 13.8 Å². The molecule has 1 saturated heterocycles. The molecule has 3 nitrogen and oxygen atoms in total. The second kappa shape index (κ2) is 5.58. The first-order valence-corrected chi connectivity index (χ1v) is 5.22. The number of likely N-dealkylation sites (N-methyl/N-ethyl adjacent to an activating group) is 1. The van der Waals surface area contributed by atoms with Gasteiger partial charge in [0.15, 0.2) is 0 Å². The van der Waals surface area contributed by atoms with Crippen LogP contribution in [0.25, 0.3) is 0 Å². The Morgan fingerprint density at radius 1 is 1.54 bits per heavy atom. The average molecular weight is 186 g/mol. The molecule has 0 aromatic rings. The fourth-order valence-corrected chi connectivity index (χ4v) is 1.84. The molecule has 1 aliphatic rings. The number of ether oxygens (including phenoxy) is 1. The largest absolute Gasteiger partial charge is 0.378 e. The predicted octanol–water partition coefficient (Wildman–Crippen LogP) is 0.609. The van der Waals surface area contributed by atoms with Crippen molar-refractivity contribution in [2.24, 2.45) is 5.92 Å². The highest BCUT2D eigenvalue weighted by Crippen LogP contribution is 2.09. The lowest BCUT2D eigenvalue weighted by Gasteiger charge is -2.32. The lowest BCUT2D eigenvalue weighted by molar-refractivity contribution is 0.0618. The van der Waals surface area contributed by atoms with E-state index >= 15 is 0 Å². The Kier molecular flexibility index (Phi) is 4.70. The third kappa shape index (κ3) is 3.63. The maximum atomic E-state index is 5.44. The average Bonchev–Trinajstić information content (AvgIpc) is 2.15. The highest BCUT2D eigenvalue weighted by molar-refractivity contribution is 4.83. The van der Waals surface area contributed by atoms with Gasteiger partial charge in [0.05, 0.1) is 13.2 Å². The topological polar surface area (TPSA) is 33.3 Å². The second-order valence-corrected chi connectivity index (χ2v) is 4.16. The first-order valence-electron chi connectivity index (χ1n) is 5.22. The third-order valence-electron chi connectivity index (χ3n) is 2.53. The first-order chi connectivity index (χ1) is 6.24. The van der Waals surface area contributed by atoms with Gasteiger partial charge in [0, 0.05) is 18.6 Å². The van der Waals surface area contributed by atoms with E-state index in [-0.39, 0.29) is 0 Å². The third-order valence-corrected chi connectivity index (χ3v) is 2.53. The van der Waals surface area contributed by atoms with Gasteiger partial charge in [0.1, 0.15) is 0 Å². The summed E-state index contributed by atoms with van der Waals surface area (Å²) in [5.74, 6) is 0.737. The highest BCUT2D eigenvalue weighted by atomic mass is 16.5. The minimum absolute atomic E-state index is 0.487. The first kappa shape index (κ1) is 11.0. The standard InChI is InChI=1S/C10H22N2O/c1-8(2)6-9(11-3)10-7-13-5-4-12-10/h8-12H,4-7H2,1-3H3. The van der Waals surface area contributed by atoms with Crippen LogP contribution in [0.15, 0.2) is 0 Å². The molecule has 0 aromatic carbocycles.